The first-order valence-corrected chi connectivity index (χ1v) is 9.19. The molecule has 0 aliphatic carbocycles. The van der Waals surface area contributed by atoms with Crippen LogP contribution in [0.3, 0.4) is 0 Å². The van der Waals surface area contributed by atoms with Gasteiger partial charge in [0.1, 0.15) is 12.1 Å². The van der Waals surface area contributed by atoms with Crippen molar-refractivity contribution in [2.75, 3.05) is 12.4 Å². The van der Waals surface area contributed by atoms with Crippen LogP contribution < -0.4 is 5.32 Å². The molecule has 3 heterocycles. The summed E-state index contributed by atoms with van der Waals surface area (Å²) in [4.78, 5) is 20.6. The summed E-state index contributed by atoms with van der Waals surface area (Å²) in [5, 5.41) is 8.85. The molecular formula is C18H18BrN5O2. The number of carbonyl (C=O) groups is 1. The van der Waals surface area contributed by atoms with Crippen molar-refractivity contribution in [3.63, 3.8) is 0 Å². The second-order valence-corrected chi connectivity index (χ2v) is 7.23. The lowest BCUT2D eigenvalue weighted by Gasteiger charge is -2.25. The van der Waals surface area contributed by atoms with Gasteiger partial charge in [-0.05, 0) is 59.5 Å². The molecule has 1 atom stereocenters. The third kappa shape index (κ3) is 2.94. The van der Waals surface area contributed by atoms with Crippen LogP contribution in [0.15, 0.2) is 29.0 Å². The maximum atomic E-state index is 11.8. The van der Waals surface area contributed by atoms with Crippen molar-refractivity contribution in [3.05, 3.63) is 46.0 Å². The highest BCUT2D eigenvalue weighted by Crippen LogP contribution is 2.33. The zero-order valence-corrected chi connectivity index (χ0v) is 16.1. The second-order valence-electron chi connectivity index (χ2n) is 6.37. The quantitative estimate of drug-likeness (QED) is 0.657. The zero-order valence-electron chi connectivity index (χ0n) is 14.5. The van der Waals surface area contributed by atoms with Crippen LogP contribution in [-0.2, 0) is 11.3 Å². The molecule has 1 unspecified atom stereocenters. The number of rotatable bonds is 3. The van der Waals surface area contributed by atoms with Gasteiger partial charge in [0.2, 0.25) is 0 Å². The van der Waals surface area contributed by atoms with Gasteiger partial charge in [0, 0.05) is 16.4 Å². The van der Waals surface area contributed by atoms with E-state index in [0.717, 1.165) is 51.8 Å². The fourth-order valence-electron chi connectivity index (χ4n) is 3.37. The first-order chi connectivity index (χ1) is 12.6. The van der Waals surface area contributed by atoms with Crippen molar-refractivity contribution in [1.82, 2.24) is 19.7 Å². The van der Waals surface area contributed by atoms with E-state index in [0.29, 0.717) is 5.69 Å². The Morgan fingerprint density at radius 2 is 2.19 bits per heavy atom. The molecule has 1 aromatic carbocycles. The Labute approximate surface area is 158 Å². The van der Waals surface area contributed by atoms with Crippen LogP contribution in [0, 0.1) is 6.92 Å². The van der Waals surface area contributed by atoms with E-state index in [2.05, 4.69) is 42.4 Å². The molecule has 1 aliphatic heterocycles. The van der Waals surface area contributed by atoms with Crippen LogP contribution in [0.2, 0.25) is 0 Å². The van der Waals surface area contributed by atoms with Crippen LogP contribution in [0.5, 0.6) is 0 Å². The lowest BCUT2D eigenvalue weighted by molar-refractivity contribution is 0.0593. The molecule has 0 spiro atoms. The van der Waals surface area contributed by atoms with E-state index < -0.39 is 5.97 Å². The van der Waals surface area contributed by atoms with Crippen molar-refractivity contribution in [2.24, 2.45) is 0 Å². The molecule has 4 rings (SSSR count). The van der Waals surface area contributed by atoms with E-state index in [-0.39, 0.29) is 6.04 Å². The topological polar surface area (TPSA) is 81.9 Å². The van der Waals surface area contributed by atoms with Crippen molar-refractivity contribution in [1.29, 1.82) is 0 Å². The Morgan fingerprint density at radius 3 is 3.00 bits per heavy atom. The number of aryl methyl sites for hydroxylation is 2. The minimum Gasteiger partial charge on any atom is -0.464 e. The van der Waals surface area contributed by atoms with Gasteiger partial charge in [-0.25, -0.2) is 14.8 Å². The standard InChI is InChI=1S/C18H18BrN5O2/c1-10-6-11-16(12(19)7-10)20-9-21-17(11)22-13-4-3-5-24-15(13)8-14(23-24)18(25)26-2/h6-9,13H,3-5H2,1-2H3,(H,20,21,22). The summed E-state index contributed by atoms with van der Waals surface area (Å²) in [6.45, 7) is 2.83. The zero-order chi connectivity index (χ0) is 18.3. The van der Waals surface area contributed by atoms with E-state index in [9.17, 15) is 4.79 Å². The van der Waals surface area contributed by atoms with E-state index >= 15 is 0 Å². The number of hydrogen-bond acceptors (Lipinski definition) is 6. The molecule has 0 amide bonds. The molecule has 0 saturated heterocycles. The number of halogens is 1. The van der Waals surface area contributed by atoms with Crippen molar-refractivity contribution in [2.45, 2.75) is 32.4 Å². The van der Waals surface area contributed by atoms with Gasteiger partial charge >= 0.3 is 5.97 Å². The number of aromatic nitrogens is 4. The van der Waals surface area contributed by atoms with Crippen molar-refractivity contribution in [3.8, 4) is 0 Å². The first-order valence-electron chi connectivity index (χ1n) is 8.40. The van der Waals surface area contributed by atoms with E-state index in [1.54, 1.807) is 12.4 Å². The number of esters is 1. The molecule has 26 heavy (non-hydrogen) atoms. The van der Waals surface area contributed by atoms with Gasteiger partial charge < -0.3 is 10.1 Å². The Kier molecular flexibility index (Phi) is 4.36. The molecule has 134 valence electrons. The third-order valence-corrected chi connectivity index (χ3v) is 5.18. The van der Waals surface area contributed by atoms with Gasteiger partial charge in [-0.15, -0.1) is 0 Å². The lowest BCUT2D eigenvalue weighted by Crippen LogP contribution is -2.22. The Bertz CT molecular complexity index is 1000. The normalized spacial score (nSPS) is 16.3. The number of ether oxygens (including phenoxy) is 1. The molecule has 0 bridgehead atoms. The Hall–Kier alpha value is -2.48. The summed E-state index contributed by atoms with van der Waals surface area (Å²) in [5.41, 5.74) is 3.30. The highest BCUT2D eigenvalue weighted by molar-refractivity contribution is 9.10. The third-order valence-electron chi connectivity index (χ3n) is 4.57. The number of methoxy groups -OCH3 is 1. The van der Waals surface area contributed by atoms with Crippen LogP contribution in [0.25, 0.3) is 10.9 Å². The number of fused-ring (bicyclic) bond motifs is 2. The summed E-state index contributed by atoms with van der Waals surface area (Å²) in [7, 11) is 1.36. The Balaban J connectivity index is 1.72. The lowest BCUT2D eigenvalue weighted by atomic mass is 10.0. The van der Waals surface area contributed by atoms with Gasteiger partial charge in [-0.2, -0.15) is 5.10 Å². The van der Waals surface area contributed by atoms with Gasteiger partial charge in [0.15, 0.2) is 5.69 Å². The fraction of sp³-hybridized carbons (Fsp3) is 0.333. The molecule has 8 heteroatoms. The molecule has 1 N–H and O–H groups in total. The molecule has 2 aromatic heterocycles. The largest absolute Gasteiger partial charge is 0.464 e. The SMILES string of the molecule is COC(=O)c1cc2n(n1)CCCC2Nc1ncnc2c(Br)cc(C)cc12. The van der Waals surface area contributed by atoms with E-state index in [1.165, 1.54) is 7.11 Å². The van der Waals surface area contributed by atoms with Crippen LogP contribution in [0.1, 0.15) is 40.6 Å². The fourth-order valence-corrected chi connectivity index (χ4v) is 4.05. The summed E-state index contributed by atoms with van der Waals surface area (Å²) >= 11 is 3.58. The first kappa shape index (κ1) is 17.0. The van der Waals surface area contributed by atoms with Gasteiger partial charge in [0.25, 0.3) is 0 Å². The number of nitrogens with one attached hydrogen (secondary N) is 1. The predicted octanol–water partition coefficient (Wildman–Crippen LogP) is 3.63. The maximum absolute atomic E-state index is 11.8. The number of carbonyl (C=O) groups excluding carboxylic acids is 1. The van der Waals surface area contributed by atoms with Crippen molar-refractivity contribution >= 4 is 38.6 Å². The summed E-state index contributed by atoms with van der Waals surface area (Å²) in [5.74, 6) is 0.358. The molecule has 0 saturated carbocycles. The van der Waals surface area contributed by atoms with Crippen LogP contribution in [0.4, 0.5) is 5.82 Å². The summed E-state index contributed by atoms with van der Waals surface area (Å²) in [6, 6.07) is 5.93. The predicted molar refractivity (Wildman–Crippen MR) is 101 cm³/mol. The molecule has 3 aromatic rings. The smallest absolute Gasteiger partial charge is 0.358 e. The van der Waals surface area contributed by atoms with E-state index in [4.69, 9.17) is 4.74 Å². The summed E-state index contributed by atoms with van der Waals surface area (Å²) in [6.07, 6.45) is 3.47. The van der Waals surface area contributed by atoms with Crippen LogP contribution in [-0.4, -0.2) is 32.8 Å². The summed E-state index contributed by atoms with van der Waals surface area (Å²) < 4.78 is 7.61. The highest BCUT2D eigenvalue weighted by atomic mass is 79.9. The number of nitrogens with zero attached hydrogens (tertiary/aromatic N) is 4. The number of benzene rings is 1. The van der Waals surface area contributed by atoms with Gasteiger partial charge in [-0.3, -0.25) is 4.68 Å². The average molecular weight is 416 g/mol. The minimum absolute atomic E-state index is 0.0204. The van der Waals surface area contributed by atoms with Crippen LogP contribution >= 0.6 is 15.9 Å². The second kappa shape index (κ2) is 6.68. The number of hydrogen-bond donors (Lipinski definition) is 1. The molecule has 0 radical (unpaired) electrons. The molecular weight excluding hydrogens is 398 g/mol. The average Bonchev–Trinajstić information content (AvgIpc) is 3.07. The van der Waals surface area contributed by atoms with Crippen molar-refractivity contribution < 1.29 is 9.53 Å². The Morgan fingerprint density at radius 1 is 1.35 bits per heavy atom. The maximum Gasteiger partial charge on any atom is 0.358 e. The highest BCUT2D eigenvalue weighted by Gasteiger charge is 2.25. The van der Waals surface area contributed by atoms with Gasteiger partial charge in [0.05, 0.1) is 24.4 Å². The van der Waals surface area contributed by atoms with Gasteiger partial charge in [-0.1, -0.05) is 0 Å². The molecule has 1 aliphatic rings. The monoisotopic (exact) mass is 415 g/mol. The number of anilines is 1. The minimum atomic E-state index is -0.419. The molecule has 0 fully saturated rings. The molecule has 7 nitrogen and oxygen atoms in total. The van der Waals surface area contributed by atoms with E-state index in [1.807, 2.05) is 17.7 Å².